The highest BCUT2D eigenvalue weighted by Gasteiger charge is 2.69. The van der Waals surface area contributed by atoms with Crippen LogP contribution >= 0.6 is 0 Å². The summed E-state index contributed by atoms with van der Waals surface area (Å²) in [4.78, 5) is 70.1. The monoisotopic (exact) mass is 734 g/mol. The van der Waals surface area contributed by atoms with E-state index in [4.69, 9.17) is 4.74 Å². The first-order valence-corrected chi connectivity index (χ1v) is 20.9. The van der Waals surface area contributed by atoms with Gasteiger partial charge in [-0.25, -0.2) is 17.5 Å². The standard InChI is InChI=1S/C36H58N6O8S/c1-4-41-19-16-27(51(41,48)49)36(17-10-8-11-18-36)40-34(47)39-26-22-50-20-12-7-5-6-9-13-25(30(43)32(45)37-23-14-15-23)38-31(44)29-28-24(35(28,2)3)21-42(29)33(26)46/h23-29H,4-22H2,1-3H3,(H,37,45)(H,38,44)(H2,39,40,47)/t24-,25-,26-,27-,28-,29-/m0/s1. The molecule has 6 rings (SSSR count). The molecule has 286 valence electrons. The van der Waals surface area contributed by atoms with E-state index in [0.717, 1.165) is 57.8 Å². The predicted octanol–water partition coefficient (Wildman–Crippen LogP) is 1.97. The summed E-state index contributed by atoms with van der Waals surface area (Å²) < 4.78 is 34.6. The molecular weight excluding hydrogens is 676 g/mol. The second-order valence-corrected chi connectivity index (χ2v) is 18.5. The van der Waals surface area contributed by atoms with Gasteiger partial charge in [-0.3, -0.25) is 19.2 Å². The SMILES string of the molecule is CCN1CC[C@@H](C2(NC(=O)N[C@H]3COCCCCCCC[C@@H](C(=O)C(=O)NC4CC4)NC(=O)[C@@H]4[C@@H]5[C@H](CN4C3=O)C5(C)C)CCCCC2)S1(=O)=O. The molecule has 6 aliphatic rings. The minimum absolute atomic E-state index is 0.00440. The van der Waals surface area contributed by atoms with Crippen LogP contribution in [0, 0.1) is 17.3 Å². The smallest absolute Gasteiger partial charge is 0.315 e. The quantitative estimate of drug-likeness (QED) is 0.286. The summed E-state index contributed by atoms with van der Waals surface area (Å²) in [5.74, 6) is -2.36. The molecule has 0 bridgehead atoms. The van der Waals surface area contributed by atoms with Gasteiger partial charge in [0.1, 0.15) is 12.1 Å². The van der Waals surface area contributed by atoms with Crippen LogP contribution in [0.3, 0.4) is 0 Å². The van der Waals surface area contributed by atoms with Gasteiger partial charge in [-0.1, -0.05) is 65.7 Å². The average Bonchev–Trinajstić information content (AvgIpc) is 3.88. The minimum atomic E-state index is -3.62. The molecular formula is C36H58N6O8S. The second kappa shape index (κ2) is 15.3. The summed E-state index contributed by atoms with van der Waals surface area (Å²) in [6.45, 7) is 7.33. The number of nitrogens with zero attached hydrogens (tertiary/aromatic N) is 2. The Hall–Kier alpha value is -2.78. The first-order chi connectivity index (χ1) is 24.3. The van der Waals surface area contributed by atoms with Crippen molar-refractivity contribution in [3.8, 4) is 0 Å². The number of hydrogen-bond donors (Lipinski definition) is 4. The molecule has 0 unspecified atom stereocenters. The molecule has 3 heterocycles. The number of rotatable bonds is 7. The molecule has 5 amide bonds. The molecule has 3 aliphatic heterocycles. The minimum Gasteiger partial charge on any atom is -0.379 e. The fourth-order valence-electron chi connectivity index (χ4n) is 9.39. The Morgan fingerprint density at radius 1 is 0.922 bits per heavy atom. The lowest BCUT2D eigenvalue weighted by atomic mass is 9.78. The lowest BCUT2D eigenvalue weighted by Crippen LogP contribution is -2.64. The summed E-state index contributed by atoms with van der Waals surface area (Å²) in [6.07, 6.45) is 10.0. The van der Waals surface area contributed by atoms with Crippen LogP contribution in [-0.4, -0.2) is 115 Å². The van der Waals surface area contributed by atoms with E-state index in [0.29, 0.717) is 58.3 Å². The van der Waals surface area contributed by atoms with Gasteiger partial charge >= 0.3 is 6.03 Å². The molecule has 6 atom stereocenters. The molecule has 0 aromatic heterocycles. The Kier molecular flexibility index (Phi) is 11.4. The van der Waals surface area contributed by atoms with E-state index in [1.54, 1.807) is 0 Å². The molecule has 6 fully saturated rings. The fourth-order valence-corrected chi connectivity index (χ4v) is 11.7. The van der Waals surface area contributed by atoms with Crippen molar-refractivity contribution < 1.29 is 37.1 Å². The second-order valence-electron chi connectivity index (χ2n) is 16.4. The molecule has 3 saturated heterocycles. The first-order valence-electron chi connectivity index (χ1n) is 19.4. The zero-order valence-electron chi connectivity index (χ0n) is 30.5. The number of carbonyl (C=O) groups is 5. The third-order valence-corrected chi connectivity index (χ3v) is 15.2. The molecule has 3 saturated carbocycles. The fraction of sp³-hybridized carbons (Fsp3) is 0.861. The Bertz CT molecular complexity index is 1460. The van der Waals surface area contributed by atoms with Crippen LogP contribution in [-0.2, 0) is 33.9 Å². The Morgan fingerprint density at radius 3 is 2.29 bits per heavy atom. The number of hydrogen-bond acceptors (Lipinski definition) is 8. The third kappa shape index (κ3) is 7.95. The van der Waals surface area contributed by atoms with Gasteiger partial charge in [0, 0.05) is 32.3 Å². The van der Waals surface area contributed by atoms with E-state index in [1.807, 2.05) is 6.92 Å². The lowest BCUT2D eigenvalue weighted by molar-refractivity contribution is -0.144. The van der Waals surface area contributed by atoms with Gasteiger partial charge < -0.3 is 30.9 Å². The van der Waals surface area contributed by atoms with Crippen molar-refractivity contribution in [3.63, 3.8) is 0 Å². The Morgan fingerprint density at radius 2 is 1.61 bits per heavy atom. The van der Waals surface area contributed by atoms with E-state index in [1.165, 1.54) is 9.21 Å². The van der Waals surface area contributed by atoms with Gasteiger partial charge in [0.2, 0.25) is 27.6 Å². The number of ketones is 1. The molecule has 3 aliphatic carbocycles. The summed E-state index contributed by atoms with van der Waals surface area (Å²) in [5.41, 5.74) is -1.16. The van der Waals surface area contributed by atoms with Gasteiger partial charge in [-0.05, 0) is 62.2 Å². The number of amides is 5. The largest absolute Gasteiger partial charge is 0.379 e. The maximum absolute atomic E-state index is 14.4. The van der Waals surface area contributed by atoms with Crippen LogP contribution in [0.5, 0.6) is 0 Å². The lowest BCUT2D eigenvalue weighted by Gasteiger charge is -2.42. The van der Waals surface area contributed by atoms with Crippen LogP contribution < -0.4 is 21.3 Å². The van der Waals surface area contributed by atoms with Crippen molar-refractivity contribution in [2.45, 2.75) is 146 Å². The number of fused-ring (bicyclic) bond motifs is 3. The normalized spacial score (nSPS) is 34.1. The average molecular weight is 735 g/mol. The third-order valence-electron chi connectivity index (χ3n) is 12.6. The molecule has 51 heavy (non-hydrogen) atoms. The molecule has 0 aromatic carbocycles. The van der Waals surface area contributed by atoms with Gasteiger partial charge in [0.15, 0.2) is 0 Å². The molecule has 4 N–H and O–H groups in total. The maximum atomic E-state index is 14.4. The van der Waals surface area contributed by atoms with Crippen molar-refractivity contribution in [1.82, 2.24) is 30.5 Å². The van der Waals surface area contributed by atoms with Gasteiger partial charge in [0.25, 0.3) is 5.91 Å². The zero-order chi connectivity index (χ0) is 36.6. The van der Waals surface area contributed by atoms with Crippen LogP contribution in [0.4, 0.5) is 4.79 Å². The van der Waals surface area contributed by atoms with Gasteiger partial charge in [0.05, 0.1) is 23.4 Å². The molecule has 0 spiro atoms. The highest BCUT2D eigenvalue weighted by atomic mass is 32.2. The number of urea groups is 1. The van der Waals surface area contributed by atoms with Gasteiger partial charge in [-0.2, -0.15) is 0 Å². The first kappa shape index (κ1) is 38.0. The molecule has 0 radical (unpaired) electrons. The zero-order valence-corrected chi connectivity index (χ0v) is 31.4. The summed E-state index contributed by atoms with van der Waals surface area (Å²) in [5, 5.41) is 10.8. The van der Waals surface area contributed by atoms with Crippen LogP contribution in [0.15, 0.2) is 0 Å². The molecule has 0 aromatic rings. The summed E-state index contributed by atoms with van der Waals surface area (Å²) in [7, 11) is -3.62. The number of carbonyl (C=O) groups excluding carboxylic acids is 5. The van der Waals surface area contributed by atoms with Crippen molar-refractivity contribution in [2.75, 3.05) is 32.8 Å². The topological polar surface area (TPSA) is 183 Å². The van der Waals surface area contributed by atoms with Crippen LogP contribution in [0.1, 0.15) is 111 Å². The number of piperidine rings is 1. The van der Waals surface area contributed by atoms with Crippen molar-refractivity contribution in [1.29, 1.82) is 0 Å². The predicted molar refractivity (Wildman–Crippen MR) is 189 cm³/mol. The number of ether oxygens (including phenoxy) is 1. The number of Topliss-reactive ketones (excluding diaryl/α,β-unsaturated/α-hetero) is 1. The van der Waals surface area contributed by atoms with Crippen molar-refractivity contribution in [2.24, 2.45) is 17.3 Å². The van der Waals surface area contributed by atoms with Crippen molar-refractivity contribution >= 4 is 39.6 Å². The van der Waals surface area contributed by atoms with E-state index < -0.39 is 68.5 Å². The maximum Gasteiger partial charge on any atom is 0.315 e. The van der Waals surface area contributed by atoms with E-state index >= 15 is 0 Å². The van der Waals surface area contributed by atoms with E-state index in [2.05, 4.69) is 35.1 Å². The Balaban J connectivity index is 1.22. The van der Waals surface area contributed by atoms with Crippen LogP contribution in [0.25, 0.3) is 0 Å². The summed E-state index contributed by atoms with van der Waals surface area (Å²) in [6, 6.07) is -3.62. The summed E-state index contributed by atoms with van der Waals surface area (Å²) >= 11 is 0. The van der Waals surface area contributed by atoms with E-state index in [-0.39, 0.29) is 29.9 Å². The number of sulfonamides is 1. The highest BCUT2D eigenvalue weighted by molar-refractivity contribution is 7.90. The van der Waals surface area contributed by atoms with E-state index in [9.17, 15) is 32.4 Å². The van der Waals surface area contributed by atoms with Crippen LogP contribution in [0.2, 0.25) is 0 Å². The van der Waals surface area contributed by atoms with Gasteiger partial charge in [-0.15, -0.1) is 0 Å². The molecule has 14 nitrogen and oxygen atoms in total. The van der Waals surface area contributed by atoms with Crippen molar-refractivity contribution in [3.05, 3.63) is 0 Å². The molecule has 15 heteroatoms. The Labute approximate surface area is 302 Å². The number of nitrogens with one attached hydrogen (secondary N) is 4. The highest BCUT2D eigenvalue weighted by Crippen LogP contribution is 2.65.